The van der Waals surface area contributed by atoms with E-state index >= 15 is 0 Å². The second kappa shape index (κ2) is 5.20. The molecule has 1 heterocycles. The van der Waals surface area contributed by atoms with Crippen LogP contribution in [-0.4, -0.2) is 26.8 Å². The maximum absolute atomic E-state index is 11.9. The van der Waals surface area contributed by atoms with Crippen LogP contribution in [0.2, 0.25) is 0 Å². The molecule has 1 aliphatic rings. The van der Waals surface area contributed by atoms with Gasteiger partial charge in [-0.1, -0.05) is 6.42 Å². The van der Waals surface area contributed by atoms with Gasteiger partial charge in [0.2, 0.25) is 5.91 Å². The lowest BCUT2D eigenvalue weighted by Gasteiger charge is -2.15. The molecule has 98 valence electrons. The van der Waals surface area contributed by atoms with Crippen LogP contribution in [0.5, 0.6) is 0 Å². The predicted molar refractivity (Wildman–Crippen MR) is 63.5 cm³/mol. The Bertz CT molecular complexity index is 455. The molecule has 0 spiro atoms. The molecule has 0 saturated heterocycles. The summed E-state index contributed by atoms with van der Waals surface area (Å²) in [5.41, 5.74) is 0.913. The summed E-state index contributed by atoms with van der Waals surface area (Å²) in [6.07, 6.45) is 5.57. The van der Waals surface area contributed by atoms with Gasteiger partial charge in [0, 0.05) is 25.4 Å². The third-order valence-electron chi connectivity index (χ3n) is 3.40. The summed E-state index contributed by atoms with van der Waals surface area (Å²) in [6, 6.07) is 0. The van der Waals surface area contributed by atoms with Gasteiger partial charge >= 0.3 is 5.97 Å². The molecule has 1 aromatic heterocycles. The number of aliphatic carboxylic acids is 1. The van der Waals surface area contributed by atoms with E-state index in [1.54, 1.807) is 10.9 Å². The summed E-state index contributed by atoms with van der Waals surface area (Å²) in [5.74, 6) is -1.95. The molecule has 1 aromatic rings. The van der Waals surface area contributed by atoms with Gasteiger partial charge in [-0.2, -0.15) is 5.10 Å². The summed E-state index contributed by atoms with van der Waals surface area (Å²) in [7, 11) is 1.81. The Morgan fingerprint density at radius 3 is 2.83 bits per heavy atom. The molecule has 2 N–H and O–H groups in total. The molecule has 2 rings (SSSR count). The van der Waals surface area contributed by atoms with Gasteiger partial charge in [0.1, 0.15) is 0 Å². The van der Waals surface area contributed by atoms with Gasteiger partial charge in [0.15, 0.2) is 0 Å². The molecule has 18 heavy (non-hydrogen) atoms. The highest BCUT2D eigenvalue weighted by atomic mass is 16.4. The first-order valence-electron chi connectivity index (χ1n) is 6.06. The zero-order valence-corrected chi connectivity index (χ0v) is 10.3. The Balaban J connectivity index is 1.89. The van der Waals surface area contributed by atoms with Gasteiger partial charge in [0.25, 0.3) is 0 Å². The molecule has 1 fully saturated rings. The van der Waals surface area contributed by atoms with Crippen LogP contribution in [0.4, 0.5) is 0 Å². The Morgan fingerprint density at radius 2 is 2.22 bits per heavy atom. The highest BCUT2D eigenvalue weighted by molar-refractivity contribution is 5.85. The van der Waals surface area contributed by atoms with Gasteiger partial charge in [-0.3, -0.25) is 14.3 Å². The van der Waals surface area contributed by atoms with E-state index in [2.05, 4.69) is 10.4 Å². The van der Waals surface area contributed by atoms with Crippen molar-refractivity contribution >= 4 is 11.9 Å². The Kier molecular flexibility index (Phi) is 3.64. The lowest BCUT2D eigenvalue weighted by Crippen LogP contribution is -2.34. The minimum absolute atomic E-state index is 0.163. The zero-order valence-electron chi connectivity index (χ0n) is 10.3. The highest BCUT2D eigenvalue weighted by Gasteiger charge is 2.37. The molecule has 2 atom stereocenters. The average molecular weight is 251 g/mol. The number of hydrogen-bond acceptors (Lipinski definition) is 3. The predicted octanol–water partition coefficient (Wildman–Crippen LogP) is 0.537. The number of aromatic nitrogens is 2. The van der Waals surface area contributed by atoms with Crippen LogP contribution >= 0.6 is 0 Å². The smallest absolute Gasteiger partial charge is 0.307 e. The molecule has 0 radical (unpaired) electrons. The second-order valence-electron chi connectivity index (χ2n) is 4.72. The van der Waals surface area contributed by atoms with Crippen LogP contribution in [0.25, 0.3) is 0 Å². The van der Waals surface area contributed by atoms with Gasteiger partial charge in [-0.05, 0) is 12.8 Å². The first-order valence-corrected chi connectivity index (χ1v) is 6.06. The minimum Gasteiger partial charge on any atom is -0.481 e. The first kappa shape index (κ1) is 12.6. The number of carboxylic acid groups (broad SMARTS) is 1. The van der Waals surface area contributed by atoms with Crippen LogP contribution in [0.1, 0.15) is 24.8 Å². The summed E-state index contributed by atoms with van der Waals surface area (Å²) in [4.78, 5) is 22.9. The van der Waals surface area contributed by atoms with E-state index in [1.807, 2.05) is 13.2 Å². The summed E-state index contributed by atoms with van der Waals surface area (Å²) >= 11 is 0. The minimum atomic E-state index is -0.867. The largest absolute Gasteiger partial charge is 0.481 e. The topological polar surface area (TPSA) is 84.2 Å². The summed E-state index contributed by atoms with van der Waals surface area (Å²) < 4.78 is 1.66. The molecular weight excluding hydrogens is 234 g/mol. The number of rotatable bonds is 4. The Morgan fingerprint density at radius 1 is 1.50 bits per heavy atom. The first-order chi connectivity index (χ1) is 8.58. The third kappa shape index (κ3) is 2.69. The molecule has 1 amide bonds. The van der Waals surface area contributed by atoms with E-state index in [0.717, 1.165) is 12.0 Å². The van der Waals surface area contributed by atoms with E-state index in [1.165, 1.54) is 0 Å². The molecule has 6 heteroatoms. The number of carboxylic acids is 1. The van der Waals surface area contributed by atoms with Crippen molar-refractivity contribution in [2.45, 2.75) is 25.8 Å². The number of nitrogens with zero attached hydrogens (tertiary/aromatic N) is 2. The van der Waals surface area contributed by atoms with Crippen molar-refractivity contribution in [2.24, 2.45) is 18.9 Å². The molecule has 6 nitrogen and oxygen atoms in total. The van der Waals surface area contributed by atoms with Crippen molar-refractivity contribution in [1.82, 2.24) is 15.1 Å². The van der Waals surface area contributed by atoms with E-state index in [4.69, 9.17) is 5.11 Å². The summed E-state index contributed by atoms with van der Waals surface area (Å²) in [5, 5.41) is 15.8. The zero-order chi connectivity index (χ0) is 13.1. The quantitative estimate of drug-likeness (QED) is 0.818. The number of carbonyl (C=O) groups excluding carboxylic acids is 1. The van der Waals surface area contributed by atoms with Crippen molar-refractivity contribution < 1.29 is 14.7 Å². The molecular formula is C12H17N3O3. The second-order valence-corrected chi connectivity index (χ2v) is 4.72. The maximum Gasteiger partial charge on any atom is 0.307 e. The van der Waals surface area contributed by atoms with Crippen molar-refractivity contribution in [1.29, 1.82) is 0 Å². The van der Waals surface area contributed by atoms with Gasteiger partial charge in [-0.15, -0.1) is 0 Å². The monoisotopic (exact) mass is 251 g/mol. The lowest BCUT2D eigenvalue weighted by atomic mass is 9.95. The highest BCUT2D eigenvalue weighted by Crippen LogP contribution is 2.32. The van der Waals surface area contributed by atoms with E-state index in [-0.39, 0.29) is 11.8 Å². The number of carbonyl (C=O) groups is 2. The molecule has 1 aliphatic carbocycles. The van der Waals surface area contributed by atoms with Crippen LogP contribution in [0.3, 0.4) is 0 Å². The molecule has 0 aliphatic heterocycles. The number of amides is 1. The fourth-order valence-electron chi connectivity index (χ4n) is 2.45. The molecule has 1 saturated carbocycles. The fraction of sp³-hybridized carbons (Fsp3) is 0.583. The van der Waals surface area contributed by atoms with Gasteiger partial charge in [0.05, 0.1) is 18.0 Å². The standard InChI is InChI=1S/C12H17N3O3/c1-15-7-8(6-14-15)5-13-11(16)9-3-2-4-10(9)12(17)18/h6-7,9-10H,2-5H2,1H3,(H,13,16)(H,17,18)/t9-,10+/m1/s1. The number of nitrogens with one attached hydrogen (secondary N) is 1. The van der Waals surface area contributed by atoms with Gasteiger partial charge in [-0.25, -0.2) is 0 Å². The molecule has 0 bridgehead atoms. The normalized spacial score (nSPS) is 22.9. The maximum atomic E-state index is 11.9. The Labute approximate surface area is 105 Å². The van der Waals surface area contributed by atoms with Crippen LogP contribution < -0.4 is 5.32 Å². The van der Waals surface area contributed by atoms with Crippen molar-refractivity contribution in [3.63, 3.8) is 0 Å². The fourth-order valence-corrected chi connectivity index (χ4v) is 2.45. The van der Waals surface area contributed by atoms with Crippen molar-refractivity contribution in [3.8, 4) is 0 Å². The van der Waals surface area contributed by atoms with Crippen LogP contribution in [-0.2, 0) is 23.2 Å². The van der Waals surface area contributed by atoms with Gasteiger partial charge < -0.3 is 10.4 Å². The Hall–Kier alpha value is -1.85. The van der Waals surface area contributed by atoms with Crippen LogP contribution in [0, 0.1) is 11.8 Å². The molecule has 0 unspecified atom stereocenters. The van der Waals surface area contributed by atoms with Crippen LogP contribution in [0.15, 0.2) is 12.4 Å². The number of hydrogen-bond donors (Lipinski definition) is 2. The van der Waals surface area contributed by atoms with E-state index in [9.17, 15) is 9.59 Å². The average Bonchev–Trinajstić information content (AvgIpc) is 2.94. The molecule has 0 aromatic carbocycles. The van der Waals surface area contributed by atoms with Crippen molar-refractivity contribution in [3.05, 3.63) is 18.0 Å². The third-order valence-corrected chi connectivity index (χ3v) is 3.40. The van der Waals surface area contributed by atoms with E-state index in [0.29, 0.717) is 19.4 Å². The van der Waals surface area contributed by atoms with E-state index < -0.39 is 11.9 Å². The SMILES string of the molecule is Cn1cc(CNC(=O)[C@@H]2CCC[C@@H]2C(=O)O)cn1. The number of aryl methyl sites for hydroxylation is 1. The summed E-state index contributed by atoms with van der Waals surface area (Å²) in [6.45, 7) is 0.398. The van der Waals surface area contributed by atoms with Crippen molar-refractivity contribution in [2.75, 3.05) is 0 Å². The lowest BCUT2D eigenvalue weighted by molar-refractivity contribution is -0.146.